The number of carbonyl (C=O) groups is 3. The van der Waals surface area contributed by atoms with Crippen molar-refractivity contribution in [2.75, 3.05) is 0 Å². The summed E-state index contributed by atoms with van der Waals surface area (Å²) in [4.78, 5) is 35.8. The van der Waals surface area contributed by atoms with Crippen molar-refractivity contribution in [1.82, 2.24) is 10.6 Å². The topological polar surface area (TPSA) is 95.5 Å². The van der Waals surface area contributed by atoms with Gasteiger partial charge in [0.05, 0.1) is 0 Å². The molecule has 0 radical (unpaired) electrons. The lowest BCUT2D eigenvalue weighted by Gasteiger charge is -2.21. The molecule has 0 fully saturated rings. The minimum Gasteiger partial charge on any atom is -0.480 e. The van der Waals surface area contributed by atoms with Crippen LogP contribution in [-0.4, -0.2) is 35.0 Å². The molecule has 8 heteroatoms. The van der Waals surface area contributed by atoms with Gasteiger partial charge in [0.1, 0.15) is 12.1 Å². The summed E-state index contributed by atoms with van der Waals surface area (Å²) in [6, 6.07) is 11.7. The molecule has 148 valence electrons. The van der Waals surface area contributed by atoms with Crippen molar-refractivity contribution in [3.63, 3.8) is 0 Å². The van der Waals surface area contributed by atoms with E-state index in [0.717, 1.165) is 5.56 Å². The molecule has 0 saturated carbocycles. The number of aliphatic carboxylic acids is 1. The van der Waals surface area contributed by atoms with E-state index in [-0.39, 0.29) is 18.7 Å². The highest BCUT2D eigenvalue weighted by Crippen LogP contribution is 2.22. The number of nitrogens with one attached hydrogen (secondary N) is 2. The number of carbonyl (C=O) groups excluding carboxylic acids is 2. The van der Waals surface area contributed by atoms with Crippen molar-refractivity contribution >= 4 is 41.0 Å². The van der Waals surface area contributed by atoms with E-state index in [0.29, 0.717) is 15.6 Å². The Kier molecular flexibility index (Phi) is 7.84. The minimum atomic E-state index is -1.21. The lowest BCUT2D eigenvalue weighted by atomic mass is 10.0. The highest BCUT2D eigenvalue weighted by atomic mass is 35.5. The Bertz CT molecular complexity index is 859. The Morgan fingerprint density at radius 1 is 0.964 bits per heavy atom. The highest BCUT2D eigenvalue weighted by Gasteiger charge is 2.27. The maximum atomic E-state index is 12.7. The lowest BCUT2D eigenvalue weighted by Crippen LogP contribution is -2.52. The maximum Gasteiger partial charge on any atom is 0.326 e. The van der Waals surface area contributed by atoms with Crippen LogP contribution in [0.2, 0.25) is 10.0 Å². The van der Waals surface area contributed by atoms with Crippen molar-refractivity contribution in [1.29, 1.82) is 0 Å². The number of amides is 2. The summed E-state index contributed by atoms with van der Waals surface area (Å²) in [7, 11) is 0. The third-order valence-corrected chi connectivity index (χ3v) is 4.62. The number of hydrogen-bond acceptors (Lipinski definition) is 3. The van der Waals surface area contributed by atoms with E-state index in [1.165, 1.54) is 13.0 Å². The van der Waals surface area contributed by atoms with Gasteiger partial charge in [0.25, 0.3) is 0 Å². The van der Waals surface area contributed by atoms with E-state index >= 15 is 0 Å². The number of hydrogen-bond donors (Lipinski definition) is 3. The molecule has 0 aliphatic heterocycles. The zero-order valence-corrected chi connectivity index (χ0v) is 16.6. The fourth-order valence-electron chi connectivity index (χ4n) is 2.68. The van der Waals surface area contributed by atoms with Gasteiger partial charge in [-0.25, -0.2) is 4.79 Å². The second-order valence-corrected chi connectivity index (χ2v) is 7.13. The molecule has 0 saturated heterocycles. The largest absolute Gasteiger partial charge is 0.480 e. The molecule has 2 atom stereocenters. The zero-order chi connectivity index (χ0) is 20.7. The van der Waals surface area contributed by atoms with E-state index in [1.807, 2.05) is 30.3 Å². The van der Waals surface area contributed by atoms with Gasteiger partial charge in [0.15, 0.2) is 0 Å². The van der Waals surface area contributed by atoms with Gasteiger partial charge in [-0.3, -0.25) is 9.59 Å². The number of benzene rings is 2. The van der Waals surface area contributed by atoms with E-state index in [1.54, 1.807) is 12.1 Å². The normalized spacial score (nSPS) is 12.7. The van der Waals surface area contributed by atoms with Crippen LogP contribution in [0.25, 0.3) is 0 Å². The first-order valence-electron chi connectivity index (χ1n) is 8.54. The predicted octanol–water partition coefficient (Wildman–Crippen LogP) is 2.85. The molecule has 2 aromatic rings. The zero-order valence-electron chi connectivity index (χ0n) is 15.1. The third-order valence-electron chi connectivity index (χ3n) is 4.03. The quantitative estimate of drug-likeness (QED) is 0.609. The Morgan fingerprint density at radius 3 is 2.21 bits per heavy atom. The standard InChI is InChI=1S/C20H20Cl2N2O4/c1-12(25)23-17(9-13-5-3-2-4-6-13)19(26)24-18(20(27)28)10-14-7-8-15(21)11-16(14)22/h2-8,11,17-18H,9-10H2,1H3,(H,23,25)(H,24,26)(H,27,28)/t17-,18+/m1/s1. The molecule has 6 nitrogen and oxygen atoms in total. The van der Waals surface area contributed by atoms with Crippen LogP contribution in [-0.2, 0) is 27.2 Å². The Morgan fingerprint density at radius 2 is 1.64 bits per heavy atom. The summed E-state index contributed by atoms with van der Waals surface area (Å²) in [6.45, 7) is 1.30. The van der Waals surface area contributed by atoms with Gasteiger partial charge in [0.2, 0.25) is 11.8 Å². The fourth-order valence-corrected chi connectivity index (χ4v) is 3.17. The minimum absolute atomic E-state index is 0.0186. The number of rotatable bonds is 8. The van der Waals surface area contributed by atoms with Gasteiger partial charge < -0.3 is 15.7 Å². The molecule has 28 heavy (non-hydrogen) atoms. The first-order chi connectivity index (χ1) is 13.3. The van der Waals surface area contributed by atoms with Crippen molar-refractivity contribution in [2.45, 2.75) is 31.8 Å². The van der Waals surface area contributed by atoms with Gasteiger partial charge >= 0.3 is 5.97 Å². The van der Waals surface area contributed by atoms with E-state index in [2.05, 4.69) is 10.6 Å². The predicted molar refractivity (Wildman–Crippen MR) is 107 cm³/mol. The third kappa shape index (κ3) is 6.55. The van der Waals surface area contributed by atoms with Crippen molar-refractivity contribution in [3.05, 3.63) is 69.7 Å². The molecule has 2 amide bonds. The van der Waals surface area contributed by atoms with Gasteiger partial charge in [-0.1, -0.05) is 59.6 Å². The monoisotopic (exact) mass is 422 g/mol. The summed E-state index contributed by atoms with van der Waals surface area (Å²) >= 11 is 12.0. The summed E-state index contributed by atoms with van der Waals surface area (Å²) in [5.74, 6) is -2.18. The van der Waals surface area contributed by atoms with Gasteiger partial charge in [0, 0.05) is 29.8 Å². The second kappa shape index (κ2) is 10.1. The van der Waals surface area contributed by atoms with Crippen molar-refractivity contribution < 1.29 is 19.5 Å². The van der Waals surface area contributed by atoms with Crippen molar-refractivity contribution in [2.24, 2.45) is 0 Å². The van der Waals surface area contributed by atoms with Crippen LogP contribution in [0.4, 0.5) is 0 Å². The number of halogens is 2. The fraction of sp³-hybridized carbons (Fsp3) is 0.250. The summed E-state index contributed by atoms with van der Waals surface area (Å²) in [6.07, 6.45) is 0.218. The summed E-state index contributed by atoms with van der Waals surface area (Å²) in [5.41, 5.74) is 1.38. The van der Waals surface area contributed by atoms with Crippen molar-refractivity contribution in [3.8, 4) is 0 Å². The van der Waals surface area contributed by atoms with Crippen LogP contribution in [0.15, 0.2) is 48.5 Å². The molecular weight excluding hydrogens is 403 g/mol. The summed E-state index contributed by atoms with van der Waals surface area (Å²) < 4.78 is 0. The molecule has 2 aromatic carbocycles. The van der Waals surface area contributed by atoms with Crippen LogP contribution in [0.3, 0.4) is 0 Å². The summed E-state index contributed by atoms with van der Waals surface area (Å²) in [5, 5.41) is 15.3. The second-order valence-electron chi connectivity index (χ2n) is 6.28. The first kappa shape index (κ1) is 21.7. The number of carboxylic acid groups (broad SMARTS) is 1. The molecule has 2 rings (SSSR count). The van der Waals surface area contributed by atoms with Crippen LogP contribution in [0, 0.1) is 0 Å². The molecule has 3 N–H and O–H groups in total. The van der Waals surface area contributed by atoms with E-state index < -0.39 is 24.0 Å². The van der Waals surface area contributed by atoms with E-state index in [9.17, 15) is 19.5 Å². The molecule has 0 aliphatic rings. The Balaban J connectivity index is 2.14. The molecule has 0 aliphatic carbocycles. The van der Waals surface area contributed by atoms with Crippen LogP contribution in [0.5, 0.6) is 0 Å². The van der Waals surface area contributed by atoms with Gasteiger partial charge in [-0.05, 0) is 23.3 Å². The smallest absolute Gasteiger partial charge is 0.326 e. The molecular formula is C20H20Cl2N2O4. The highest BCUT2D eigenvalue weighted by molar-refractivity contribution is 6.35. The van der Waals surface area contributed by atoms with Crippen LogP contribution < -0.4 is 10.6 Å². The maximum absolute atomic E-state index is 12.7. The molecule has 0 spiro atoms. The van der Waals surface area contributed by atoms with Gasteiger partial charge in [-0.15, -0.1) is 0 Å². The average Bonchev–Trinajstić information content (AvgIpc) is 2.63. The van der Waals surface area contributed by atoms with E-state index in [4.69, 9.17) is 23.2 Å². The van der Waals surface area contributed by atoms with Crippen LogP contribution in [0.1, 0.15) is 18.1 Å². The molecule has 0 heterocycles. The van der Waals surface area contributed by atoms with Crippen LogP contribution >= 0.6 is 23.2 Å². The Labute approximate surface area is 172 Å². The molecule has 0 unspecified atom stereocenters. The lowest BCUT2D eigenvalue weighted by molar-refractivity contribution is -0.142. The average molecular weight is 423 g/mol. The molecule has 0 aromatic heterocycles. The molecule has 0 bridgehead atoms. The number of carboxylic acids is 1. The Hall–Kier alpha value is -2.57. The first-order valence-corrected chi connectivity index (χ1v) is 9.30. The SMILES string of the molecule is CC(=O)N[C@H](Cc1ccccc1)C(=O)N[C@@H](Cc1ccc(Cl)cc1Cl)C(=O)O. The van der Waals surface area contributed by atoms with Gasteiger partial charge in [-0.2, -0.15) is 0 Å².